The van der Waals surface area contributed by atoms with Gasteiger partial charge in [-0.1, -0.05) is 0 Å². The summed E-state index contributed by atoms with van der Waals surface area (Å²) in [5.74, 6) is -0.645. The molecule has 1 aliphatic heterocycles. The zero-order valence-corrected chi connectivity index (χ0v) is 15.3. The quantitative estimate of drug-likeness (QED) is 0.562. The Balaban J connectivity index is 1.66. The predicted molar refractivity (Wildman–Crippen MR) is 97.8 cm³/mol. The van der Waals surface area contributed by atoms with Crippen LogP contribution in [-0.4, -0.2) is 51.7 Å². The molecule has 1 aliphatic rings. The molecule has 0 unspecified atom stereocenters. The molecule has 25 heavy (non-hydrogen) atoms. The third-order valence-electron chi connectivity index (χ3n) is 4.12. The SMILES string of the molecule is O=C(c1ccc(-c2ccn3ncc(I)c3n2)c(F)c1)N1CCOCC1. The Morgan fingerprint density at radius 1 is 1.24 bits per heavy atom. The molecule has 1 amide bonds. The molecule has 1 fully saturated rings. The minimum absolute atomic E-state index is 0.178. The standard InChI is InChI=1S/C17H14FIN4O2/c18-13-9-11(17(24)22-5-7-25-8-6-22)1-2-12(13)15-3-4-23-16(21-15)14(19)10-20-23/h1-4,9-10H,5-8H2. The van der Waals surface area contributed by atoms with E-state index in [4.69, 9.17) is 4.74 Å². The van der Waals surface area contributed by atoms with E-state index in [0.29, 0.717) is 48.8 Å². The molecule has 1 saturated heterocycles. The highest BCUT2D eigenvalue weighted by Gasteiger charge is 2.20. The van der Waals surface area contributed by atoms with Gasteiger partial charge in [0.25, 0.3) is 5.91 Å². The molecule has 0 radical (unpaired) electrons. The number of halogens is 2. The molecule has 0 bridgehead atoms. The number of hydrogen-bond donors (Lipinski definition) is 0. The van der Waals surface area contributed by atoms with Crippen LogP contribution >= 0.6 is 22.6 Å². The van der Waals surface area contributed by atoms with Crippen molar-refractivity contribution in [2.24, 2.45) is 0 Å². The van der Waals surface area contributed by atoms with Gasteiger partial charge >= 0.3 is 0 Å². The predicted octanol–water partition coefficient (Wildman–Crippen LogP) is 2.61. The Labute approximate surface area is 156 Å². The second-order valence-corrected chi connectivity index (χ2v) is 6.83. The highest BCUT2D eigenvalue weighted by Crippen LogP contribution is 2.24. The summed E-state index contributed by atoms with van der Waals surface area (Å²) in [6.07, 6.45) is 3.44. The van der Waals surface area contributed by atoms with E-state index in [9.17, 15) is 9.18 Å². The molecular formula is C17H14FIN4O2. The largest absolute Gasteiger partial charge is 0.378 e. The van der Waals surface area contributed by atoms with E-state index >= 15 is 0 Å². The molecule has 8 heteroatoms. The van der Waals surface area contributed by atoms with Crippen molar-refractivity contribution in [1.82, 2.24) is 19.5 Å². The van der Waals surface area contributed by atoms with Gasteiger partial charge in [0.2, 0.25) is 0 Å². The van der Waals surface area contributed by atoms with E-state index in [1.807, 2.05) is 0 Å². The third-order valence-corrected chi connectivity index (χ3v) is 4.88. The van der Waals surface area contributed by atoms with Gasteiger partial charge in [0.15, 0.2) is 5.65 Å². The van der Waals surface area contributed by atoms with Crippen LogP contribution < -0.4 is 0 Å². The number of fused-ring (bicyclic) bond motifs is 1. The summed E-state index contributed by atoms with van der Waals surface area (Å²) in [7, 11) is 0. The average Bonchev–Trinajstić information content (AvgIpc) is 3.02. The van der Waals surface area contributed by atoms with Crippen LogP contribution in [-0.2, 0) is 4.74 Å². The van der Waals surface area contributed by atoms with Gasteiger partial charge in [-0.05, 0) is 46.9 Å². The summed E-state index contributed by atoms with van der Waals surface area (Å²) in [6, 6.07) is 6.23. The Morgan fingerprint density at radius 2 is 2.04 bits per heavy atom. The molecule has 128 valence electrons. The normalized spacial score (nSPS) is 14.9. The molecule has 1 aromatic carbocycles. The van der Waals surface area contributed by atoms with Gasteiger partial charge in [0.05, 0.1) is 28.7 Å². The number of nitrogens with zero attached hydrogens (tertiary/aromatic N) is 4. The number of carbonyl (C=O) groups is 1. The van der Waals surface area contributed by atoms with Gasteiger partial charge in [-0.15, -0.1) is 0 Å². The van der Waals surface area contributed by atoms with Crippen LogP contribution in [0.25, 0.3) is 16.9 Å². The molecule has 0 atom stereocenters. The number of hydrogen-bond acceptors (Lipinski definition) is 4. The lowest BCUT2D eigenvalue weighted by atomic mass is 10.1. The van der Waals surface area contributed by atoms with E-state index in [1.165, 1.54) is 6.07 Å². The number of benzene rings is 1. The molecule has 0 N–H and O–H groups in total. The van der Waals surface area contributed by atoms with E-state index in [-0.39, 0.29) is 5.91 Å². The van der Waals surface area contributed by atoms with Gasteiger partial charge in [-0.3, -0.25) is 4.79 Å². The highest BCUT2D eigenvalue weighted by molar-refractivity contribution is 14.1. The van der Waals surface area contributed by atoms with Gasteiger partial charge < -0.3 is 9.64 Å². The molecule has 6 nitrogen and oxygen atoms in total. The van der Waals surface area contributed by atoms with Crippen LogP contribution in [0.2, 0.25) is 0 Å². The van der Waals surface area contributed by atoms with Crippen LogP contribution in [0.3, 0.4) is 0 Å². The van der Waals surface area contributed by atoms with Gasteiger partial charge in [0.1, 0.15) is 5.82 Å². The smallest absolute Gasteiger partial charge is 0.254 e. The second kappa shape index (κ2) is 6.68. The van der Waals surface area contributed by atoms with E-state index < -0.39 is 5.82 Å². The van der Waals surface area contributed by atoms with Crippen molar-refractivity contribution in [2.45, 2.75) is 0 Å². The summed E-state index contributed by atoms with van der Waals surface area (Å²) in [4.78, 5) is 18.6. The number of morpholine rings is 1. The topological polar surface area (TPSA) is 59.7 Å². The van der Waals surface area contributed by atoms with Crippen molar-refractivity contribution in [2.75, 3.05) is 26.3 Å². The van der Waals surface area contributed by atoms with Crippen LogP contribution in [0.4, 0.5) is 4.39 Å². The van der Waals surface area contributed by atoms with Crippen molar-refractivity contribution >= 4 is 34.1 Å². The maximum Gasteiger partial charge on any atom is 0.254 e. The molecule has 0 spiro atoms. The van der Waals surface area contributed by atoms with Gasteiger partial charge in [-0.25, -0.2) is 13.9 Å². The van der Waals surface area contributed by atoms with Crippen molar-refractivity contribution in [1.29, 1.82) is 0 Å². The van der Waals surface area contributed by atoms with E-state index in [2.05, 4.69) is 32.7 Å². The van der Waals surface area contributed by atoms with E-state index in [1.54, 1.807) is 40.0 Å². The summed E-state index contributed by atoms with van der Waals surface area (Å²) >= 11 is 2.14. The maximum absolute atomic E-state index is 14.6. The monoisotopic (exact) mass is 452 g/mol. The minimum Gasteiger partial charge on any atom is -0.378 e. The molecule has 2 aromatic heterocycles. The molecule has 4 rings (SSSR count). The third kappa shape index (κ3) is 3.11. The number of ether oxygens (including phenoxy) is 1. The Hall–Kier alpha value is -2.07. The fourth-order valence-electron chi connectivity index (χ4n) is 2.80. The lowest BCUT2D eigenvalue weighted by Crippen LogP contribution is -2.40. The fourth-order valence-corrected chi connectivity index (χ4v) is 3.29. The first-order valence-corrected chi connectivity index (χ1v) is 8.88. The molecule has 3 heterocycles. The first-order chi connectivity index (χ1) is 12.1. The first kappa shape index (κ1) is 16.4. The van der Waals surface area contributed by atoms with E-state index in [0.717, 1.165) is 3.57 Å². The van der Waals surface area contributed by atoms with Crippen molar-refractivity contribution in [3.05, 3.63) is 51.6 Å². The van der Waals surface area contributed by atoms with Gasteiger partial charge in [0, 0.05) is 30.4 Å². The number of aromatic nitrogens is 3. The summed E-state index contributed by atoms with van der Waals surface area (Å²) in [5.41, 5.74) is 1.88. The van der Waals surface area contributed by atoms with Crippen LogP contribution in [0.1, 0.15) is 10.4 Å². The average molecular weight is 452 g/mol. The minimum atomic E-state index is -0.467. The maximum atomic E-state index is 14.6. The van der Waals surface area contributed by atoms with Crippen molar-refractivity contribution < 1.29 is 13.9 Å². The first-order valence-electron chi connectivity index (χ1n) is 7.80. The second-order valence-electron chi connectivity index (χ2n) is 5.67. The van der Waals surface area contributed by atoms with Crippen LogP contribution in [0.15, 0.2) is 36.7 Å². The Morgan fingerprint density at radius 3 is 2.80 bits per heavy atom. The molecular weight excluding hydrogens is 438 g/mol. The van der Waals surface area contributed by atoms with Gasteiger partial charge in [-0.2, -0.15) is 5.10 Å². The van der Waals surface area contributed by atoms with Crippen LogP contribution in [0.5, 0.6) is 0 Å². The Bertz CT molecular complexity index is 953. The molecule has 3 aromatic rings. The van der Waals surface area contributed by atoms with Crippen LogP contribution in [0, 0.1) is 9.39 Å². The lowest BCUT2D eigenvalue weighted by Gasteiger charge is -2.26. The highest BCUT2D eigenvalue weighted by atomic mass is 127. The zero-order chi connectivity index (χ0) is 17.4. The number of amides is 1. The number of rotatable bonds is 2. The zero-order valence-electron chi connectivity index (χ0n) is 13.2. The lowest BCUT2D eigenvalue weighted by molar-refractivity contribution is 0.0302. The van der Waals surface area contributed by atoms with Crippen molar-refractivity contribution in [3.63, 3.8) is 0 Å². The number of carbonyl (C=O) groups excluding carboxylic acids is 1. The summed E-state index contributed by atoms with van der Waals surface area (Å²) < 4.78 is 22.4. The fraction of sp³-hybridized carbons (Fsp3) is 0.235. The summed E-state index contributed by atoms with van der Waals surface area (Å²) in [5, 5.41) is 4.16. The molecule has 0 saturated carbocycles. The van der Waals surface area contributed by atoms with Crippen molar-refractivity contribution in [3.8, 4) is 11.3 Å². The summed E-state index contributed by atoms with van der Waals surface area (Å²) in [6.45, 7) is 2.08. The molecule has 0 aliphatic carbocycles. The Kier molecular flexibility index (Phi) is 4.38.